The van der Waals surface area contributed by atoms with Crippen LogP contribution >= 0.6 is 0 Å². The maximum absolute atomic E-state index is 12.2. The zero-order valence-electron chi connectivity index (χ0n) is 82.7. The van der Waals surface area contributed by atoms with Crippen molar-refractivity contribution in [2.24, 2.45) is 0 Å². The molecular weight excluding hydrogens is 1810 g/mol. The fourth-order valence-corrected chi connectivity index (χ4v) is 18.5. The van der Waals surface area contributed by atoms with Crippen LogP contribution in [0.4, 0.5) is 68.2 Å². The Morgan fingerprint density at radius 2 is 0.429 bits per heavy atom. The van der Waals surface area contributed by atoms with Gasteiger partial charge in [0.15, 0.2) is 0 Å². The summed E-state index contributed by atoms with van der Waals surface area (Å²) in [5.41, 5.74) is 37.6. The number of aliphatic hydroxyl groups excluding tert-OH is 1. The van der Waals surface area contributed by atoms with Gasteiger partial charge in [-0.05, 0) is 294 Å². The number of hydrogen-bond donors (Lipinski definition) is 1. The van der Waals surface area contributed by atoms with Crippen molar-refractivity contribution in [2.45, 2.75) is 72.1 Å². The van der Waals surface area contributed by atoms with E-state index in [1.165, 1.54) is 14.2 Å². The zero-order chi connectivity index (χ0) is 101. The summed E-state index contributed by atoms with van der Waals surface area (Å²) in [6.07, 6.45) is 3.83. The van der Waals surface area contributed by atoms with Crippen LogP contribution < -0.4 is 19.6 Å². The van der Waals surface area contributed by atoms with E-state index >= 15 is 0 Å². The lowest BCUT2D eigenvalue weighted by molar-refractivity contribution is -0.144. The molecule has 18 aromatic carbocycles. The number of rotatable bonds is 34. The molecule has 0 spiro atoms. The highest BCUT2D eigenvalue weighted by Gasteiger charge is 2.25. The molecule has 0 saturated carbocycles. The van der Waals surface area contributed by atoms with Gasteiger partial charge in [0.2, 0.25) is 0 Å². The first-order chi connectivity index (χ1) is 72.0. The standard InChI is InChI=1S/C66H56N4O4.C65H54N4O4/c1-46-13-41-62-63(45-46)68-66(55-27-39-61(40-28-55)69(56-29-16-48(17-30-56)15-14-47(2)72)58-33-21-52(22-34-58)50-9-5-3-6-10-50)65(67-62)54-25-37-60(38-26-54)70(59-35-23-53(24-36-59)51-11-7-4-8-12-51)57-31-18-49(19-32-57)20-42-64(73)74-44-43-71;1-45-14-41-60-61(44-45)67-65(53-27-39-59(40-28-53)69(55-31-17-47(18-32-55)20-43-63(71)73-3)57-35-23-51(24-36-57)49-12-8-5-9-13-49)64(66-60)52-25-37-58(38-26-52)68(54-29-15-46(16-30-54)19-42-62(70)72-2)56-33-21-50(22-34-56)48-10-6-4-7-11-48/h3-13,16-19,21-41,45,71H,14-15,20,42-44H2,1-2H3;4-18,21-41,44H,19-20,42-43H2,1-3H3. The van der Waals surface area contributed by atoms with E-state index in [-0.39, 0.29) is 43.3 Å². The van der Waals surface area contributed by atoms with Gasteiger partial charge in [0.05, 0.1) is 65.7 Å². The molecule has 0 saturated heterocycles. The van der Waals surface area contributed by atoms with E-state index in [1.807, 2.05) is 48.5 Å². The summed E-state index contributed by atoms with van der Waals surface area (Å²) in [7, 11) is 2.84. The first-order valence-corrected chi connectivity index (χ1v) is 49.6. The van der Waals surface area contributed by atoms with Crippen LogP contribution in [-0.4, -0.2) is 76.2 Å². The van der Waals surface area contributed by atoms with Gasteiger partial charge in [-0.2, -0.15) is 0 Å². The van der Waals surface area contributed by atoms with Crippen LogP contribution in [0.2, 0.25) is 0 Å². The van der Waals surface area contributed by atoms with E-state index in [1.54, 1.807) is 6.92 Å². The molecule has 2 heterocycles. The Labute approximate surface area is 857 Å². The van der Waals surface area contributed by atoms with Crippen molar-refractivity contribution in [3.63, 3.8) is 0 Å². The summed E-state index contributed by atoms with van der Waals surface area (Å²) in [4.78, 5) is 78.2. The van der Waals surface area contributed by atoms with Crippen LogP contribution in [0.25, 0.3) is 112 Å². The SMILES string of the molecule is CC(=O)CCc1ccc(N(c2ccc(-c3ccccc3)cc2)c2ccc(-c3nc4cc(C)ccc4nc3-c3ccc(N(c4ccc(CCC(=O)OCCO)cc4)c4ccc(-c5ccccc5)cc4)cc3)cc2)cc1.COC(=O)CCc1ccc(N(c2ccc(-c3ccccc3)cc2)c2ccc(-c3nc4ccc(C)cc4nc3-c3ccc(N(c4ccc(CCC(=O)OC)cc4)c4ccc(-c5ccccc5)cc4)cc3)cc2)cc1. The third kappa shape index (κ3) is 23.8. The van der Waals surface area contributed by atoms with Crippen molar-refractivity contribution in [2.75, 3.05) is 47.0 Å². The number of aryl methyl sites for hydroxylation is 6. The highest BCUT2D eigenvalue weighted by atomic mass is 16.5. The van der Waals surface area contributed by atoms with Gasteiger partial charge in [0.1, 0.15) is 12.4 Å². The topological polar surface area (TPSA) is 181 Å². The third-order valence-corrected chi connectivity index (χ3v) is 26.4. The lowest BCUT2D eigenvalue weighted by Crippen LogP contribution is -2.11. The normalized spacial score (nSPS) is 11.0. The average molecular weight is 1920 g/mol. The van der Waals surface area contributed by atoms with Crippen LogP contribution in [0.15, 0.2) is 449 Å². The Kier molecular flexibility index (Phi) is 30.8. The van der Waals surface area contributed by atoms with Gasteiger partial charge in [-0.25, -0.2) is 19.9 Å². The number of carbonyl (C=O) groups is 4. The molecule has 0 fully saturated rings. The molecule has 0 atom stereocenters. The van der Waals surface area contributed by atoms with E-state index in [0.717, 1.165) is 213 Å². The maximum Gasteiger partial charge on any atom is 0.306 e. The molecule has 16 heteroatoms. The molecule has 0 radical (unpaired) electrons. The highest BCUT2D eigenvalue weighted by molar-refractivity contribution is 5.93. The molecule has 0 aliphatic carbocycles. The molecule has 2 aromatic heterocycles. The van der Waals surface area contributed by atoms with Gasteiger partial charge < -0.3 is 43.7 Å². The van der Waals surface area contributed by atoms with Crippen LogP contribution in [0.1, 0.15) is 66.0 Å². The van der Waals surface area contributed by atoms with E-state index in [0.29, 0.717) is 44.9 Å². The summed E-state index contributed by atoms with van der Waals surface area (Å²) in [6.45, 7) is 5.60. The van der Waals surface area contributed by atoms with E-state index in [4.69, 9.17) is 39.3 Å². The monoisotopic (exact) mass is 1920 g/mol. The van der Waals surface area contributed by atoms with Crippen LogP contribution in [-0.2, 0) is 59.1 Å². The number of anilines is 12. The van der Waals surface area contributed by atoms with Crippen molar-refractivity contribution in [3.8, 4) is 89.5 Å². The largest absolute Gasteiger partial charge is 0.469 e. The second-order valence-electron chi connectivity index (χ2n) is 36.5. The van der Waals surface area contributed by atoms with Crippen molar-refractivity contribution in [1.82, 2.24) is 19.9 Å². The molecule has 0 aliphatic heterocycles. The highest BCUT2D eigenvalue weighted by Crippen LogP contribution is 2.46. The smallest absolute Gasteiger partial charge is 0.306 e. The van der Waals surface area contributed by atoms with Gasteiger partial charge in [0, 0.05) is 116 Å². The van der Waals surface area contributed by atoms with Crippen molar-refractivity contribution in [1.29, 1.82) is 0 Å². The summed E-state index contributed by atoms with van der Waals surface area (Å²) in [6, 6.07) is 156. The molecule has 20 aromatic rings. The van der Waals surface area contributed by atoms with Crippen molar-refractivity contribution in [3.05, 3.63) is 482 Å². The average Bonchev–Trinajstić information content (AvgIpc) is 0.768. The molecular formula is C131H110N8O8. The Balaban J connectivity index is 0.000000185. The molecule has 722 valence electrons. The van der Waals surface area contributed by atoms with Crippen molar-refractivity contribution < 1.29 is 38.5 Å². The minimum atomic E-state index is -0.330. The quantitative estimate of drug-likeness (QED) is 0.0297. The molecule has 20 rings (SSSR count). The summed E-state index contributed by atoms with van der Waals surface area (Å²) >= 11 is 0. The molecule has 147 heavy (non-hydrogen) atoms. The lowest BCUT2D eigenvalue weighted by atomic mass is 10.0. The van der Waals surface area contributed by atoms with Gasteiger partial charge >= 0.3 is 17.9 Å². The second-order valence-corrected chi connectivity index (χ2v) is 36.5. The molecule has 0 amide bonds. The molecule has 1 N–H and O–H groups in total. The van der Waals surface area contributed by atoms with Gasteiger partial charge in [0.25, 0.3) is 0 Å². The van der Waals surface area contributed by atoms with Gasteiger partial charge in [-0.3, -0.25) is 14.4 Å². The number of ether oxygens (including phenoxy) is 3. The number of Topliss-reactive ketones (excluding diaryl/α,β-unsaturated/α-hetero) is 1. The Morgan fingerprint density at radius 3 is 0.646 bits per heavy atom. The Bertz CT molecular complexity index is 7920. The minimum absolute atomic E-state index is 0.00349. The number of carbonyl (C=O) groups excluding carboxylic acids is 4. The molecule has 0 unspecified atom stereocenters. The lowest BCUT2D eigenvalue weighted by Gasteiger charge is -2.26. The fourth-order valence-electron chi connectivity index (χ4n) is 18.5. The third-order valence-electron chi connectivity index (χ3n) is 26.4. The molecule has 0 bridgehead atoms. The van der Waals surface area contributed by atoms with Gasteiger partial charge in [-0.15, -0.1) is 0 Å². The summed E-state index contributed by atoms with van der Waals surface area (Å²) < 4.78 is 14.9. The maximum atomic E-state index is 12.2. The zero-order valence-corrected chi connectivity index (χ0v) is 82.7. The summed E-state index contributed by atoms with van der Waals surface area (Å²) in [5.74, 6) is -0.598. The van der Waals surface area contributed by atoms with Crippen LogP contribution in [0.5, 0.6) is 0 Å². The number of esters is 3. The van der Waals surface area contributed by atoms with Crippen LogP contribution in [0, 0.1) is 13.8 Å². The number of aromatic nitrogens is 4. The number of nitrogens with zero attached hydrogens (tertiary/aromatic N) is 8. The minimum Gasteiger partial charge on any atom is -0.469 e. The van der Waals surface area contributed by atoms with E-state index in [9.17, 15) is 19.2 Å². The number of aliphatic hydroxyl groups is 1. The van der Waals surface area contributed by atoms with Gasteiger partial charge in [-0.1, -0.05) is 279 Å². The first kappa shape index (κ1) is 97.7. The van der Waals surface area contributed by atoms with Crippen LogP contribution in [0.3, 0.4) is 0 Å². The van der Waals surface area contributed by atoms with Crippen molar-refractivity contribution >= 4 is 114 Å². The number of fused-ring (bicyclic) bond motifs is 2. The molecule has 0 aliphatic rings. The summed E-state index contributed by atoms with van der Waals surface area (Å²) in [5, 5.41) is 9.07. The Morgan fingerprint density at radius 1 is 0.231 bits per heavy atom. The predicted molar refractivity (Wildman–Crippen MR) is 597 cm³/mol. The van der Waals surface area contributed by atoms with E-state index in [2.05, 4.69) is 434 Å². The van der Waals surface area contributed by atoms with E-state index < -0.39 is 0 Å². The number of ketones is 1. The number of hydrogen-bond acceptors (Lipinski definition) is 16. The predicted octanol–water partition coefficient (Wildman–Crippen LogP) is 31.3. The second kappa shape index (κ2) is 46.3. The first-order valence-electron chi connectivity index (χ1n) is 49.6. The fraction of sp³-hybridized carbons (Fsp3) is 0.115. The number of methoxy groups -OCH3 is 2. The molecule has 16 nitrogen and oxygen atoms in total. The number of benzene rings is 18. The Hall–Kier alpha value is -18.1.